The van der Waals surface area contributed by atoms with Gasteiger partial charge in [-0.1, -0.05) is 18.2 Å². The summed E-state index contributed by atoms with van der Waals surface area (Å²) in [7, 11) is 0. The fourth-order valence-electron chi connectivity index (χ4n) is 1.88. The minimum atomic E-state index is -1.04. The van der Waals surface area contributed by atoms with Gasteiger partial charge in [0.05, 0.1) is 4.88 Å². The lowest BCUT2D eigenvalue weighted by molar-refractivity contribution is -0.139. The van der Waals surface area contributed by atoms with Gasteiger partial charge in [0, 0.05) is 0 Å². The van der Waals surface area contributed by atoms with Crippen LogP contribution in [0.15, 0.2) is 52.5 Å². The van der Waals surface area contributed by atoms with Crippen LogP contribution in [-0.4, -0.2) is 29.5 Å². The number of carbonyl (C=O) groups is 2. The Morgan fingerprint density at radius 2 is 2.09 bits per heavy atom. The molecule has 0 atom stereocenters. The third-order valence-corrected chi connectivity index (χ3v) is 3.76. The minimum absolute atomic E-state index is 0.215. The fraction of sp³-hybridized carbons (Fsp3) is 0.0625. The lowest BCUT2D eigenvalue weighted by Crippen LogP contribution is -2.09. The maximum atomic E-state index is 11.8. The van der Waals surface area contributed by atoms with Crippen molar-refractivity contribution in [2.45, 2.75) is 0 Å². The molecule has 0 amide bonds. The molecular formula is C16H11NO5S. The third kappa shape index (κ3) is 3.64. The SMILES string of the molecule is O=C(O)COc1ccc(/C=C2\N=C(c3cccs3)OC2=O)cc1. The zero-order valence-corrected chi connectivity index (χ0v) is 12.6. The van der Waals surface area contributed by atoms with Crippen molar-refractivity contribution < 1.29 is 24.2 Å². The van der Waals surface area contributed by atoms with E-state index in [1.54, 1.807) is 30.3 Å². The normalized spacial score (nSPS) is 15.4. The molecule has 1 aromatic carbocycles. The number of aliphatic imine (C=N–C) groups is 1. The molecule has 0 saturated carbocycles. The summed E-state index contributed by atoms with van der Waals surface area (Å²) in [4.78, 5) is 27.3. The van der Waals surface area contributed by atoms with E-state index >= 15 is 0 Å². The maximum absolute atomic E-state index is 11.8. The van der Waals surface area contributed by atoms with Crippen LogP contribution in [0.4, 0.5) is 0 Å². The molecule has 2 aromatic rings. The van der Waals surface area contributed by atoms with Crippen molar-refractivity contribution in [3.8, 4) is 5.75 Å². The zero-order valence-electron chi connectivity index (χ0n) is 11.8. The highest BCUT2D eigenvalue weighted by atomic mass is 32.1. The molecule has 0 radical (unpaired) electrons. The number of carboxylic acids is 1. The van der Waals surface area contributed by atoms with Crippen LogP contribution in [0.2, 0.25) is 0 Å². The number of aliphatic carboxylic acids is 1. The van der Waals surface area contributed by atoms with Gasteiger partial charge in [0.2, 0.25) is 5.90 Å². The first-order valence-corrected chi connectivity index (χ1v) is 7.51. The van der Waals surface area contributed by atoms with E-state index in [1.807, 2.05) is 17.5 Å². The first kappa shape index (κ1) is 15.0. The average Bonchev–Trinajstić information content (AvgIpc) is 3.17. The van der Waals surface area contributed by atoms with Crippen molar-refractivity contribution in [1.82, 2.24) is 0 Å². The highest BCUT2D eigenvalue weighted by molar-refractivity contribution is 7.12. The molecule has 0 saturated heterocycles. The molecule has 2 heterocycles. The van der Waals surface area contributed by atoms with Gasteiger partial charge in [-0.05, 0) is 35.2 Å². The van der Waals surface area contributed by atoms with Crippen molar-refractivity contribution >= 4 is 35.2 Å². The summed E-state index contributed by atoms with van der Waals surface area (Å²) in [5, 5.41) is 10.4. The van der Waals surface area contributed by atoms with Crippen LogP contribution in [0.5, 0.6) is 5.75 Å². The molecule has 0 unspecified atom stereocenters. The lowest BCUT2D eigenvalue weighted by Gasteiger charge is -2.02. The summed E-state index contributed by atoms with van der Waals surface area (Å²) in [5.74, 6) is -0.802. The molecule has 23 heavy (non-hydrogen) atoms. The Balaban J connectivity index is 1.76. The number of benzene rings is 1. The van der Waals surface area contributed by atoms with Gasteiger partial charge in [-0.25, -0.2) is 14.6 Å². The second kappa shape index (κ2) is 6.45. The molecule has 0 spiro atoms. The molecule has 0 aliphatic carbocycles. The van der Waals surface area contributed by atoms with Crippen molar-refractivity contribution in [3.05, 3.63) is 57.9 Å². The van der Waals surface area contributed by atoms with Gasteiger partial charge in [0.25, 0.3) is 0 Å². The van der Waals surface area contributed by atoms with E-state index in [1.165, 1.54) is 11.3 Å². The molecule has 1 aliphatic heterocycles. The number of hydrogen-bond donors (Lipinski definition) is 1. The first-order chi connectivity index (χ1) is 11.1. The van der Waals surface area contributed by atoms with Crippen LogP contribution in [-0.2, 0) is 14.3 Å². The number of rotatable bonds is 5. The smallest absolute Gasteiger partial charge is 0.363 e. The van der Waals surface area contributed by atoms with Crippen molar-refractivity contribution in [2.24, 2.45) is 4.99 Å². The van der Waals surface area contributed by atoms with Gasteiger partial charge in [0.1, 0.15) is 5.75 Å². The Hall–Kier alpha value is -2.93. The minimum Gasteiger partial charge on any atom is -0.482 e. The Morgan fingerprint density at radius 1 is 1.30 bits per heavy atom. The Bertz CT molecular complexity index is 790. The number of cyclic esters (lactones) is 1. The van der Waals surface area contributed by atoms with Crippen molar-refractivity contribution in [1.29, 1.82) is 0 Å². The number of ether oxygens (including phenoxy) is 2. The summed E-state index contributed by atoms with van der Waals surface area (Å²) in [6, 6.07) is 10.3. The molecule has 7 heteroatoms. The molecule has 6 nitrogen and oxygen atoms in total. The van der Waals surface area contributed by atoms with Crippen LogP contribution in [0, 0.1) is 0 Å². The fourth-order valence-corrected chi connectivity index (χ4v) is 2.53. The van der Waals surface area contributed by atoms with Gasteiger partial charge >= 0.3 is 11.9 Å². The molecular weight excluding hydrogens is 318 g/mol. The summed E-state index contributed by atoms with van der Waals surface area (Å²) in [6.07, 6.45) is 1.60. The highest BCUT2D eigenvalue weighted by Gasteiger charge is 2.24. The zero-order chi connectivity index (χ0) is 16.2. The Labute approximate surface area is 135 Å². The van der Waals surface area contributed by atoms with E-state index in [-0.39, 0.29) is 5.70 Å². The molecule has 116 valence electrons. The first-order valence-electron chi connectivity index (χ1n) is 6.63. The second-order valence-electron chi connectivity index (χ2n) is 4.56. The number of esters is 1. The van der Waals surface area contributed by atoms with Gasteiger partial charge in [0.15, 0.2) is 12.3 Å². The van der Waals surface area contributed by atoms with Gasteiger partial charge in [-0.3, -0.25) is 0 Å². The van der Waals surface area contributed by atoms with Crippen molar-refractivity contribution in [3.63, 3.8) is 0 Å². The summed E-state index contributed by atoms with van der Waals surface area (Å²) >= 11 is 1.44. The van der Waals surface area contributed by atoms with E-state index in [0.717, 1.165) is 10.4 Å². The number of hydrogen-bond acceptors (Lipinski definition) is 6. The molecule has 0 fully saturated rings. The predicted molar refractivity (Wildman–Crippen MR) is 84.5 cm³/mol. The number of carboxylic acid groups (broad SMARTS) is 1. The van der Waals surface area contributed by atoms with Gasteiger partial charge in [-0.2, -0.15) is 0 Å². The number of carbonyl (C=O) groups excluding carboxylic acids is 1. The van der Waals surface area contributed by atoms with Crippen LogP contribution >= 0.6 is 11.3 Å². The summed E-state index contributed by atoms with van der Waals surface area (Å²) in [6.45, 7) is -0.402. The molecule has 1 N–H and O–H groups in total. The topological polar surface area (TPSA) is 85.2 Å². The molecule has 1 aromatic heterocycles. The Morgan fingerprint density at radius 3 is 2.74 bits per heavy atom. The third-order valence-electron chi connectivity index (χ3n) is 2.90. The summed E-state index contributed by atoms with van der Waals surface area (Å²) < 4.78 is 10.2. The van der Waals surface area contributed by atoms with Crippen molar-refractivity contribution in [2.75, 3.05) is 6.61 Å². The second-order valence-corrected chi connectivity index (χ2v) is 5.51. The monoisotopic (exact) mass is 329 g/mol. The van der Waals surface area contributed by atoms with Gasteiger partial charge < -0.3 is 14.6 Å². The maximum Gasteiger partial charge on any atom is 0.363 e. The lowest BCUT2D eigenvalue weighted by atomic mass is 10.2. The number of thiophene rings is 1. The average molecular weight is 329 g/mol. The highest BCUT2D eigenvalue weighted by Crippen LogP contribution is 2.22. The Kier molecular flexibility index (Phi) is 4.20. The predicted octanol–water partition coefficient (Wildman–Crippen LogP) is 2.56. The van der Waals surface area contributed by atoms with E-state index in [4.69, 9.17) is 14.6 Å². The van der Waals surface area contributed by atoms with E-state index < -0.39 is 18.5 Å². The quantitative estimate of drug-likeness (QED) is 0.673. The molecule has 1 aliphatic rings. The summed E-state index contributed by atoms with van der Waals surface area (Å²) in [5.41, 5.74) is 0.948. The van der Waals surface area contributed by atoms with Crippen LogP contribution in [0.3, 0.4) is 0 Å². The largest absolute Gasteiger partial charge is 0.482 e. The van der Waals surface area contributed by atoms with Crippen LogP contribution < -0.4 is 4.74 Å². The van der Waals surface area contributed by atoms with Gasteiger partial charge in [-0.15, -0.1) is 11.3 Å². The van der Waals surface area contributed by atoms with E-state index in [2.05, 4.69) is 4.99 Å². The van der Waals surface area contributed by atoms with E-state index in [9.17, 15) is 9.59 Å². The molecule has 3 rings (SSSR count). The number of nitrogens with zero attached hydrogens (tertiary/aromatic N) is 1. The molecule has 0 bridgehead atoms. The van der Waals surface area contributed by atoms with Crippen LogP contribution in [0.1, 0.15) is 10.4 Å². The van der Waals surface area contributed by atoms with Crippen LogP contribution in [0.25, 0.3) is 6.08 Å². The standard InChI is InChI=1S/C16H11NO5S/c18-14(19)9-21-11-5-3-10(4-6-11)8-12-16(20)22-15(17-12)13-2-1-7-23-13/h1-8H,9H2,(H,18,19)/b12-8-. The van der Waals surface area contributed by atoms with E-state index in [0.29, 0.717) is 11.6 Å².